The number of fused-ring (bicyclic) bond motifs is 1. The molecule has 2 aromatic carbocycles. The van der Waals surface area contributed by atoms with Crippen molar-refractivity contribution in [2.45, 2.75) is 12.3 Å². The van der Waals surface area contributed by atoms with E-state index >= 15 is 0 Å². The number of rotatable bonds is 6. The van der Waals surface area contributed by atoms with Crippen LogP contribution in [-0.2, 0) is 9.59 Å². The molecule has 0 saturated carbocycles. The summed E-state index contributed by atoms with van der Waals surface area (Å²) in [4.78, 5) is 27.8. The van der Waals surface area contributed by atoms with Crippen LogP contribution >= 0.6 is 0 Å². The van der Waals surface area contributed by atoms with Gasteiger partial charge in [-0.3, -0.25) is 14.2 Å². The van der Waals surface area contributed by atoms with Gasteiger partial charge < -0.3 is 20.5 Å². The van der Waals surface area contributed by atoms with Crippen molar-refractivity contribution in [1.82, 2.24) is 9.55 Å². The van der Waals surface area contributed by atoms with Gasteiger partial charge in [0.25, 0.3) is 5.91 Å². The highest BCUT2D eigenvalue weighted by molar-refractivity contribution is 5.94. The number of methoxy groups -OCH3 is 1. The van der Waals surface area contributed by atoms with Crippen LogP contribution in [0.2, 0.25) is 0 Å². The highest BCUT2D eigenvalue weighted by atomic mass is 16.5. The van der Waals surface area contributed by atoms with Crippen molar-refractivity contribution in [1.29, 1.82) is 0 Å². The van der Waals surface area contributed by atoms with Crippen molar-refractivity contribution in [2.75, 3.05) is 19.0 Å². The Morgan fingerprint density at radius 2 is 2.03 bits per heavy atom. The molecule has 1 aromatic heterocycles. The zero-order valence-electron chi connectivity index (χ0n) is 15.8. The summed E-state index contributed by atoms with van der Waals surface area (Å²) in [5.41, 5.74) is 7.66. The van der Waals surface area contributed by atoms with Crippen LogP contribution in [0, 0.1) is 0 Å². The van der Waals surface area contributed by atoms with Crippen molar-refractivity contribution in [3.8, 4) is 17.2 Å². The Balaban J connectivity index is 1.66. The van der Waals surface area contributed by atoms with Crippen molar-refractivity contribution in [3.63, 3.8) is 0 Å². The smallest absolute Gasteiger partial charge is 0.255 e. The first-order chi connectivity index (χ1) is 14.0. The first-order valence-corrected chi connectivity index (χ1v) is 9.07. The second-order valence-corrected chi connectivity index (χ2v) is 6.68. The van der Waals surface area contributed by atoms with Crippen molar-refractivity contribution < 1.29 is 19.1 Å². The summed E-state index contributed by atoms with van der Waals surface area (Å²) in [5, 5.41) is 2.93. The molecule has 3 aromatic rings. The molecule has 29 heavy (non-hydrogen) atoms. The number of nitrogens with zero attached hydrogens (tertiary/aromatic N) is 2. The molecule has 0 aliphatic carbocycles. The molecule has 0 spiro atoms. The van der Waals surface area contributed by atoms with Gasteiger partial charge in [0.1, 0.15) is 23.6 Å². The Labute approximate surface area is 167 Å². The first-order valence-electron chi connectivity index (χ1n) is 9.07. The maximum absolute atomic E-state index is 12.4. The zero-order chi connectivity index (χ0) is 20.4. The van der Waals surface area contributed by atoms with Gasteiger partial charge in [-0.15, -0.1) is 0 Å². The average molecular weight is 392 g/mol. The van der Waals surface area contributed by atoms with E-state index in [1.54, 1.807) is 25.6 Å². The molecule has 0 bridgehead atoms. The molecule has 8 nitrogen and oxygen atoms in total. The summed E-state index contributed by atoms with van der Waals surface area (Å²) in [6, 6.07) is 14.8. The first kappa shape index (κ1) is 18.5. The lowest BCUT2D eigenvalue weighted by Gasteiger charge is -2.23. The molecule has 0 radical (unpaired) electrons. The van der Waals surface area contributed by atoms with Crippen LogP contribution in [0.5, 0.6) is 11.5 Å². The number of carbonyl (C=O) groups is 2. The molecular weight excluding hydrogens is 372 g/mol. The fourth-order valence-corrected chi connectivity index (χ4v) is 3.39. The minimum atomic E-state index is -0.536. The minimum absolute atomic E-state index is 0.0822. The summed E-state index contributed by atoms with van der Waals surface area (Å²) in [6.45, 7) is -0.180. The largest absolute Gasteiger partial charge is 0.497 e. The highest BCUT2D eigenvalue weighted by Gasteiger charge is 2.31. The van der Waals surface area contributed by atoms with Gasteiger partial charge in [0, 0.05) is 18.4 Å². The van der Waals surface area contributed by atoms with Crippen molar-refractivity contribution in [3.05, 3.63) is 66.1 Å². The number of hydrogen-bond donors (Lipinski definition) is 2. The standard InChI is InChI=1S/C21H20N4O4/c1-28-16-4-2-3-14(9-16)25-12-23-20-17(10-19(27)24-21(20)25)13-5-7-15(8-6-13)29-11-18(22)26/h2-9,12,17H,10-11H2,1H3,(H2,22,26)(H,24,27)/t17-/m0/s1. The van der Waals surface area contributed by atoms with Crippen LogP contribution < -0.4 is 20.5 Å². The lowest BCUT2D eigenvalue weighted by molar-refractivity contribution is -0.120. The van der Waals surface area contributed by atoms with Gasteiger partial charge >= 0.3 is 0 Å². The number of amides is 2. The molecule has 8 heteroatoms. The van der Waals surface area contributed by atoms with E-state index < -0.39 is 5.91 Å². The summed E-state index contributed by atoms with van der Waals surface area (Å²) in [6.07, 6.45) is 1.99. The quantitative estimate of drug-likeness (QED) is 0.669. The van der Waals surface area contributed by atoms with Gasteiger partial charge in [0.05, 0.1) is 18.5 Å². The molecule has 0 saturated heterocycles. The van der Waals surface area contributed by atoms with E-state index in [1.807, 2.05) is 41.0 Å². The van der Waals surface area contributed by atoms with Crippen LogP contribution in [0.15, 0.2) is 54.9 Å². The SMILES string of the molecule is COc1cccc(-n2cnc3c2NC(=O)C[C@H]3c2ccc(OCC(N)=O)cc2)c1. The van der Waals surface area contributed by atoms with Gasteiger partial charge in [-0.05, 0) is 29.8 Å². The van der Waals surface area contributed by atoms with E-state index in [0.717, 1.165) is 22.7 Å². The Kier molecular flexibility index (Phi) is 4.90. The van der Waals surface area contributed by atoms with Gasteiger partial charge in [-0.2, -0.15) is 0 Å². The summed E-state index contributed by atoms with van der Waals surface area (Å²) >= 11 is 0. The average Bonchev–Trinajstić information content (AvgIpc) is 3.16. The predicted molar refractivity (Wildman–Crippen MR) is 106 cm³/mol. The topological polar surface area (TPSA) is 108 Å². The molecule has 1 aliphatic rings. The van der Waals surface area contributed by atoms with Crippen LogP contribution in [0.4, 0.5) is 5.82 Å². The molecular formula is C21H20N4O4. The third-order valence-electron chi connectivity index (χ3n) is 4.77. The van der Waals surface area contributed by atoms with Crippen LogP contribution in [0.3, 0.4) is 0 Å². The number of aromatic nitrogens is 2. The maximum Gasteiger partial charge on any atom is 0.255 e. The van der Waals surface area contributed by atoms with E-state index in [1.165, 1.54) is 0 Å². The fourth-order valence-electron chi connectivity index (χ4n) is 3.39. The number of carbonyl (C=O) groups excluding carboxylic acids is 2. The van der Waals surface area contributed by atoms with E-state index in [-0.39, 0.29) is 18.4 Å². The van der Waals surface area contributed by atoms with Gasteiger partial charge in [-0.1, -0.05) is 18.2 Å². The lowest BCUT2D eigenvalue weighted by Crippen LogP contribution is -2.25. The third kappa shape index (κ3) is 3.77. The summed E-state index contributed by atoms with van der Waals surface area (Å²) in [7, 11) is 1.61. The number of primary amides is 1. The van der Waals surface area contributed by atoms with Gasteiger partial charge in [0.15, 0.2) is 6.61 Å². The summed E-state index contributed by atoms with van der Waals surface area (Å²) in [5.74, 6) is 1.10. The normalized spacial score (nSPS) is 15.3. The van der Waals surface area contributed by atoms with Crippen LogP contribution in [0.25, 0.3) is 5.69 Å². The number of hydrogen-bond acceptors (Lipinski definition) is 5. The van der Waals surface area contributed by atoms with Crippen LogP contribution in [-0.4, -0.2) is 35.1 Å². The van der Waals surface area contributed by atoms with Crippen LogP contribution in [0.1, 0.15) is 23.6 Å². The van der Waals surface area contributed by atoms with Crippen molar-refractivity contribution >= 4 is 17.6 Å². The zero-order valence-corrected chi connectivity index (χ0v) is 15.8. The fraction of sp³-hybridized carbons (Fsp3) is 0.190. The van der Waals surface area contributed by atoms with Gasteiger partial charge in [0.2, 0.25) is 5.91 Å². The molecule has 2 heterocycles. The van der Waals surface area contributed by atoms with E-state index in [2.05, 4.69) is 10.3 Å². The second-order valence-electron chi connectivity index (χ2n) is 6.68. The molecule has 148 valence electrons. The molecule has 3 N–H and O–H groups in total. The van der Waals surface area contributed by atoms with E-state index in [0.29, 0.717) is 18.0 Å². The van der Waals surface area contributed by atoms with Crippen molar-refractivity contribution in [2.24, 2.45) is 5.73 Å². The number of imidazole rings is 1. The van der Waals surface area contributed by atoms with E-state index in [9.17, 15) is 9.59 Å². The molecule has 1 atom stereocenters. The lowest BCUT2D eigenvalue weighted by atomic mass is 9.90. The number of nitrogens with two attached hydrogens (primary N) is 1. The number of anilines is 1. The Morgan fingerprint density at radius 1 is 1.24 bits per heavy atom. The molecule has 1 aliphatic heterocycles. The minimum Gasteiger partial charge on any atom is -0.497 e. The number of ether oxygens (including phenoxy) is 2. The Hall–Kier alpha value is -3.81. The Bertz CT molecular complexity index is 1060. The Morgan fingerprint density at radius 3 is 2.76 bits per heavy atom. The number of nitrogens with one attached hydrogen (secondary N) is 1. The van der Waals surface area contributed by atoms with E-state index in [4.69, 9.17) is 15.2 Å². The second kappa shape index (κ2) is 7.67. The predicted octanol–water partition coefficient (Wildman–Crippen LogP) is 2.22. The van der Waals surface area contributed by atoms with Gasteiger partial charge in [-0.25, -0.2) is 4.98 Å². The maximum atomic E-state index is 12.4. The molecule has 4 rings (SSSR count). The molecule has 0 fully saturated rings. The summed E-state index contributed by atoms with van der Waals surface area (Å²) < 4.78 is 12.4. The molecule has 2 amide bonds. The third-order valence-corrected chi connectivity index (χ3v) is 4.77. The monoisotopic (exact) mass is 392 g/mol. The number of benzene rings is 2. The molecule has 0 unspecified atom stereocenters. The highest BCUT2D eigenvalue weighted by Crippen LogP contribution is 2.38.